The van der Waals surface area contributed by atoms with E-state index in [4.69, 9.17) is 5.73 Å². The fourth-order valence-corrected chi connectivity index (χ4v) is 0.835. The number of unbranched alkanes of at least 4 members (excludes halogenated alkanes) is 1. The monoisotopic (exact) mass is 187 g/mol. The van der Waals surface area contributed by atoms with Gasteiger partial charge in [0.15, 0.2) is 0 Å². The van der Waals surface area contributed by atoms with Crippen molar-refractivity contribution >= 4 is 11.8 Å². The first-order valence-electron chi connectivity index (χ1n) is 4.47. The zero-order valence-electron chi connectivity index (χ0n) is 8.21. The quantitative estimate of drug-likeness (QED) is 0.376. The van der Waals surface area contributed by atoms with E-state index in [0.717, 1.165) is 19.3 Å². The van der Waals surface area contributed by atoms with Crippen molar-refractivity contribution in [3.05, 3.63) is 0 Å². The maximum absolute atomic E-state index is 10.6. The van der Waals surface area contributed by atoms with Crippen LogP contribution in [0.15, 0.2) is 0 Å². The zero-order chi connectivity index (χ0) is 10.3. The molecule has 0 saturated heterocycles. The van der Waals surface area contributed by atoms with Gasteiger partial charge >= 0.3 is 5.97 Å². The van der Waals surface area contributed by atoms with E-state index >= 15 is 0 Å². The minimum absolute atomic E-state index is 0.184. The molecule has 1 atom stereocenters. The molecular formula is C9H17NO3. The molecule has 0 heterocycles. The molecule has 0 aliphatic carbocycles. The number of ether oxygens (including phenoxy) is 1. The van der Waals surface area contributed by atoms with E-state index < -0.39 is 11.8 Å². The molecule has 0 aromatic rings. The maximum Gasteiger partial charge on any atom is 0.374 e. The third kappa shape index (κ3) is 7.46. The first kappa shape index (κ1) is 12.1. The van der Waals surface area contributed by atoms with Crippen LogP contribution in [0.4, 0.5) is 0 Å². The van der Waals surface area contributed by atoms with Crippen LogP contribution >= 0.6 is 0 Å². The smallest absolute Gasteiger partial charge is 0.374 e. The Balaban J connectivity index is 3.26. The molecule has 4 nitrogen and oxygen atoms in total. The molecule has 76 valence electrons. The van der Waals surface area contributed by atoms with Gasteiger partial charge in [0, 0.05) is 13.0 Å². The summed E-state index contributed by atoms with van der Waals surface area (Å²) in [4.78, 5) is 21.1. The molecule has 0 saturated carbocycles. The van der Waals surface area contributed by atoms with E-state index in [0.29, 0.717) is 6.61 Å². The van der Waals surface area contributed by atoms with Crippen molar-refractivity contribution < 1.29 is 14.3 Å². The van der Waals surface area contributed by atoms with Gasteiger partial charge in [-0.2, -0.15) is 0 Å². The summed E-state index contributed by atoms with van der Waals surface area (Å²) >= 11 is 0. The number of Topliss-reactive ketones (excluding diaryl/α,β-unsaturated/α-hetero) is 1. The highest BCUT2D eigenvalue weighted by Crippen LogP contribution is 1.98. The molecule has 0 aromatic heterocycles. The van der Waals surface area contributed by atoms with E-state index in [9.17, 15) is 9.59 Å². The molecule has 0 amide bonds. The highest BCUT2D eigenvalue weighted by molar-refractivity contribution is 6.32. The number of esters is 1. The van der Waals surface area contributed by atoms with Crippen molar-refractivity contribution in [1.82, 2.24) is 0 Å². The Morgan fingerprint density at radius 2 is 2.00 bits per heavy atom. The predicted octanol–water partition coefficient (Wildman–Crippen LogP) is 0.636. The Kier molecular flexibility index (Phi) is 6.14. The van der Waals surface area contributed by atoms with Crippen LogP contribution in [0.3, 0.4) is 0 Å². The Labute approximate surface area is 78.4 Å². The Morgan fingerprint density at radius 1 is 1.38 bits per heavy atom. The standard InChI is InChI=1S/C9H17NO3/c1-7(10)5-3-4-6-13-9(12)8(2)11/h7H,3-6,10H2,1-2H3. The fourth-order valence-electron chi connectivity index (χ4n) is 0.835. The molecule has 0 bridgehead atoms. The molecule has 1 unspecified atom stereocenters. The van der Waals surface area contributed by atoms with Gasteiger partial charge in [-0.3, -0.25) is 4.79 Å². The summed E-state index contributed by atoms with van der Waals surface area (Å²) in [5.41, 5.74) is 5.52. The van der Waals surface area contributed by atoms with E-state index in [2.05, 4.69) is 4.74 Å². The van der Waals surface area contributed by atoms with Crippen molar-refractivity contribution in [2.45, 2.75) is 39.2 Å². The normalized spacial score (nSPS) is 12.2. The first-order valence-corrected chi connectivity index (χ1v) is 4.47. The topological polar surface area (TPSA) is 69.4 Å². The minimum Gasteiger partial charge on any atom is -0.460 e. The highest BCUT2D eigenvalue weighted by atomic mass is 16.5. The number of nitrogens with two attached hydrogens (primary N) is 1. The van der Waals surface area contributed by atoms with Gasteiger partial charge in [0.1, 0.15) is 0 Å². The van der Waals surface area contributed by atoms with Gasteiger partial charge in [-0.15, -0.1) is 0 Å². The largest absolute Gasteiger partial charge is 0.460 e. The number of carbonyl (C=O) groups is 2. The van der Waals surface area contributed by atoms with Gasteiger partial charge in [0.25, 0.3) is 0 Å². The Morgan fingerprint density at radius 3 is 2.46 bits per heavy atom. The second-order valence-electron chi connectivity index (χ2n) is 3.17. The number of carbonyl (C=O) groups excluding carboxylic acids is 2. The molecule has 0 fully saturated rings. The van der Waals surface area contributed by atoms with Crippen LogP contribution in [-0.4, -0.2) is 24.4 Å². The summed E-state index contributed by atoms with van der Waals surface area (Å²) in [5, 5.41) is 0. The van der Waals surface area contributed by atoms with E-state index in [1.807, 2.05) is 6.92 Å². The lowest BCUT2D eigenvalue weighted by Crippen LogP contribution is -2.16. The summed E-state index contributed by atoms with van der Waals surface area (Å²) in [6.45, 7) is 3.44. The van der Waals surface area contributed by atoms with Gasteiger partial charge in [-0.25, -0.2) is 4.79 Å². The van der Waals surface area contributed by atoms with Gasteiger partial charge in [0.05, 0.1) is 6.61 Å². The Hall–Kier alpha value is -0.900. The van der Waals surface area contributed by atoms with Crippen LogP contribution in [0.25, 0.3) is 0 Å². The lowest BCUT2D eigenvalue weighted by atomic mass is 10.1. The van der Waals surface area contributed by atoms with Gasteiger partial charge in [-0.1, -0.05) is 0 Å². The molecule has 0 rings (SSSR count). The van der Waals surface area contributed by atoms with Crippen LogP contribution in [0, 0.1) is 0 Å². The van der Waals surface area contributed by atoms with Gasteiger partial charge < -0.3 is 10.5 Å². The maximum atomic E-state index is 10.6. The van der Waals surface area contributed by atoms with Crippen molar-refractivity contribution in [2.24, 2.45) is 5.73 Å². The predicted molar refractivity (Wildman–Crippen MR) is 49.1 cm³/mol. The number of ketones is 1. The molecule has 13 heavy (non-hydrogen) atoms. The van der Waals surface area contributed by atoms with Crippen LogP contribution < -0.4 is 5.73 Å². The Bertz CT molecular complexity index is 178. The molecule has 4 heteroatoms. The average Bonchev–Trinajstić information content (AvgIpc) is 2.02. The second-order valence-corrected chi connectivity index (χ2v) is 3.17. The summed E-state index contributed by atoms with van der Waals surface area (Å²) in [7, 11) is 0. The fraction of sp³-hybridized carbons (Fsp3) is 0.778. The summed E-state index contributed by atoms with van der Waals surface area (Å²) in [6, 6.07) is 0.184. The van der Waals surface area contributed by atoms with Crippen LogP contribution in [0.1, 0.15) is 33.1 Å². The lowest BCUT2D eigenvalue weighted by molar-refractivity contribution is -0.153. The first-order chi connectivity index (χ1) is 6.04. The number of hydrogen-bond donors (Lipinski definition) is 1. The third-order valence-corrected chi connectivity index (χ3v) is 1.57. The van der Waals surface area contributed by atoms with Gasteiger partial charge in [0.2, 0.25) is 5.78 Å². The van der Waals surface area contributed by atoms with Crippen LogP contribution in [0.5, 0.6) is 0 Å². The molecule has 0 radical (unpaired) electrons. The SMILES string of the molecule is CC(=O)C(=O)OCCCCC(C)N. The number of rotatable bonds is 6. The van der Waals surface area contributed by atoms with Crippen molar-refractivity contribution in [3.8, 4) is 0 Å². The van der Waals surface area contributed by atoms with Crippen LogP contribution in [-0.2, 0) is 14.3 Å². The average molecular weight is 187 g/mol. The minimum atomic E-state index is -0.749. The number of hydrogen-bond acceptors (Lipinski definition) is 4. The lowest BCUT2D eigenvalue weighted by Gasteiger charge is -2.04. The third-order valence-electron chi connectivity index (χ3n) is 1.57. The van der Waals surface area contributed by atoms with Crippen LogP contribution in [0.2, 0.25) is 0 Å². The van der Waals surface area contributed by atoms with E-state index in [1.165, 1.54) is 6.92 Å². The van der Waals surface area contributed by atoms with E-state index in [1.54, 1.807) is 0 Å². The summed E-state index contributed by atoms with van der Waals surface area (Å²) in [6.07, 6.45) is 2.60. The molecular weight excluding hydrogens is 170 g/mol. The van der Waals surface area contributed by atoms with Crippen molar-refractivity contribution in [1.29, 1.82) is 0 Å². The summed E-state index contributed by atoms with van der Waals surface area (Å²) < 4.78 is 4.66. The van der Waals surface area contributed by atoms with Crippen molar-refractivity contribution in [3.63, 3.8) is 0 Å². The highest BCUT2D eigenvalue weighted by Gasteiger charge is 2.07. The molecule has 0 aliphatic rings. The molecule has 2 N–H and O–H groups in total. The zero-order valence-corrected chi connectivity index (χ0v) is 8.21. The molecule has 0 aromatic carbocycles. The second kappa shape index (κ2) is 6.60. The van der Waals surface area contributed by atoms with Gasteiger partial charge in [-0.05, 0) is 26.2 Å². The summed E-state index contributed by atoms with van der Waals surface area (Å²) in [5.74, 6) is -1.30. The molecule has 0 aliphatic heterocycles. The molecule has 0 spiro atoms. The van der Waals surface area contributed by atoms with E-state index in [-0.39, 0.29) is 6.04 Å². The van der Waals surface area contributed by atoms with Crippen molar-refractivity contribution in [2.75, 3.05) is 6.61 Å².